The molecule has 0 spiro atoms. The van der Waals surface area contributed by atoms with Crippen molar-refractivity contribution in [1.29, 1.82) is 0 Å². The van der Waals surface area contributed by atoms with Gasteiger partial charge in [0.05, 0.1) is 18.3 Å². The van der Waals surface area contributed by atoms with Crippen molar-refractivity contribution in [3.63, 3.8) is 0 Å². The number of hydrogen-bond donors (Lipinski definition) is 0. The normalized spacial score (nSPS) is 10.8. The van der Waals surface area contributed by atoms with Crippen LogP contribution in [0.25, 0.3) is 10.2 Å². The Morgan fingerprint density at radius 3 is 2.67 bits per heavy atom. The van der Waals surface area contributed by atoms with E-state index in [1.807, 2.05) is 0 Å². The number of aromatic nitrogens is 2. The van der Waals surface area contributed by atoms with Gasteiger partial charge in [0.2, 0.25) is 0 Å². The minimum Gasteiger partial charge on any atom is -0.492 e. The first-order valence-corrected chi connectivity index (χ1v) is 10.2. The predicted molar refractivity (Wildman–Crippen MR) is 114 cm³/mol. The van der Waals surface area contributed by atoms with E-state index in [9.17, 15) is 14.4 Å². The van der Waals surface area contributed by atoms with E-state index in [0.717, 1.165) is 11.3 Å². The van der Waals surface area contributed by atoms with Crippen LogP contribution in [0.5, 0.6) is 5.75 Å². The van der Waals surface area contributed by atoms with Crippen LogP contribution in [0.1, 0.15) is 15.2 Å². The number of ether oxygens (including phenoxy) is 2. The average Bonchev–Trinajstić information content (AvgIpc) is 3.07. The highest BCUT2D eigenvalue weighted by molar-refractivity contribution is 7.20. The molecular weight excluding hydrogens is 430 g/mol. The second-order valence-corrected chi connectivity index (χ2v) is 8.03. The molecule has 1 amide bonds. The van der Waals surface area contributed by atoms with Crippen LogP contribution in [0.4, 0.5) is 0 Å². The van der Waals surface area contributed by atoms with Gasteiger partial charge in [-0.15, -0.1) is 11.3 Å². The molecule has 2 aromatic heterocycles. The molecule has 30 heavy (non-hydrogen) atoms. The predicted octanol–water partition coefficient (Wildman–Crippen LogP) is 2.65. The van der Waals surface area contributed by atoms with Crippen LogP contribution in [0, 0.1) is 6.92 Å². The third-order valence-electron chi connectivity index (χ3n) is 4.46. The Morgan fingerprint density at radius 2 is 1.97 bits per heavy atom. The van der Waals surface area contributed by atoms with Crippen molar-refractivity contribution in [1.82, 2.24) is 14.5 Å². The summed E-state index contributed by atoms with van der Waals surface area (Å²) in [6.07, 6.45) is 1.40. The number of likely N-dealkylation sites (N-methyl/N-ethyl adjacent to an activating group) is 1. The van der Waals surface area contributed by atoms with Crippen LogP contribution in [-0.2, 0) is 16.6 Å². The van der Waals surface area contributed by atoms with Crippen molar-refractivity contribution in [2.75, 3.05) is 26.8 Å². The highest BCUT2D eigenvalue weighted by atomic mass is 35.5. The molecule has 0 N–H and O–H groups in total. The molecule has 0 bridgehead atoms. The van der Waals surface area contributed by atoms with E-state index in [4.69, 9.17) is 21.1 Å². The molecule has 2 heterocycles. The molecule has 0 aliphatic heterocycles. The second kappa shape index (κ2) is 9.27. The van der Waals surface area contributed by atoms with Gasteiger partial charge in [-0.1, -0.05) is 11.6 Å². The zero-order valence-corrected chi connectivity index (χ0v) is 18.2. The molecule has 0 aliphatic carbocycles. The lowest BCUT2D eigenvalue weighted by atomic mass is 10.2. The lowest BCUT2D eigenvalue weighted by Gasteiger charge is -2.17. The summed E-state index contributed by atoms with van der Waals surface area (Å²) in [4.78, 5) is 43.2. The Morgan fingerprint density at radius 1 is 1.27 bits per heavy atom. The largest absolute Gasteiger partial charge is 0.492 e. The number of carbonyl (C=O) groups excluding carboxylic acids is 2. The Labute approximate surface area is 181 Å². The highest BCUT2D eigenvalue weighted by Crippen LogP contribution is 2.27. The van der Waals surface area contributed by atoms with Crippen molar-refractivity contribution in [3.8, 4) is 5.75 Å². The molecule has 158 valence electrons. The van der Waals surface area contributed by atoms with Crippen LogP contribution >= 0.6 is 22.9 Å². The fraction of sp³-hybridized carbons (Fsp3) is 0.300. The van der Waals surface area contributed by atoms with Crippen LogP contribution in [0.15, 0.2) is 35.4 Å². The molecule has 0 saturated heterocycles. The first kappa shape index (κ1) is 21.8. The number of fused-ring (bicyclic) bond motifs is 1. The molecule has 0 atom stereocenters. The number of benzene rings is 1. The Bertz CT molecular complexity index is 1140. The number of nitrogens with zero attached hydrogens (tertiary/aromatic N) is 3. The average molecular weight is 450 g/mol. The summed E-state index contributed by atoms with van der Waals surface area (Å²) in [6.45, 7) is 1.86. The number of rotatable bonds is 7. The van der Waals surface area contributed by atoms with Crippen molar-refractivity contribution in [3.05, 3.63) is 56.4 Å². The SMILES string of the molecule is Cc1c(C(=O)OCC(=O)N(C)CCOc2ccc(Cl)cc2)sc2ncn(C)c(=O)c12. The topological polar surface area (TPSA) is 90.7 Å². The van der Waals surface area contributed by atoms with Crippen molar-refractivity contribution >= 4 is 45.0 Å². The van der Waals surface area contributed by atoms with Gasteiger partial charge >= 0.3 is 5.97 Å². The summed E-state index contributed by atoms with van der Waals surface area (Å²) < 4.78 is 12.1. The number of thiophene rings is 1. The zero-order valence-electron chi connectivity index (χ0n) is 16.7. The van der Waals surface area contributed by atoms with Crippen molar-refractivity contribution < 1.29 is 19.1 Å². The summed E-state index contributed by atoms with van der Waals surface area (Å²) in [5.74, 6) is -0.376. The van der Waals surface area contributed by atoms with Crippen molar-refractivity contribution in [2.45, 2.75) is 6.92 Å². The summed E-state index contributed by atoms with van der Waals surface area (Å²) in [7, 11) is 3.19. The van der Waals surface area contributed by atoms with Crippen LogP contribution in [0.3, 0.4) is 0 Å². The van der Waals surface area contributed by atoms with Crippen LogP contribution in [-0.4, -0.2) is 53.1 Å². The van der Waals surface area contributed by atoms with Gasteiger partial charge in [-0.25, -0.2) is 9.78 Å². The third kappa shape index (κ3) is 4.80. The van der Waals surface area contributed by atoms with Crippen LogP contribution < -0.4 is 10.3 Å². The number of halogens is 1. The number of amides is 1. The third-order valence-corrected chi connectivity index (χ3v) is 5.89. The van der Waals surface area contributed by atoms with E-state index in [2.05, 4.69) is 4.98 Å². The van der Waals surface area contributed by atoms with E-state index in [0.29, 0.717) is 33.1 Å². The van der Waals surface area contributed by atoms with Gasteiger partial charge in [0.1, 0.15) is 22.1 Å². The van der Waals surface area contributed by atoms with E-state index in [-0.39, 0.29) is 23.0 Å². The fourth-order valence-electron chi connectivity index (χ4n) is 2.66. The molecule has 0 fully saturated rings. The van der Waals surface area contributed by atoms with E-state index in [1.54, 1.807) is 45.3 Å². The number of esters is 1. The smallest absolute Gasteiger partial charge is 0.349 e. The van der Waals surface area contributed by atoms with Gasteiger partial charge in [-0.3, -0.25) is 9.59 Å². The lowest BCUT2D eigenvalue weighted by Crippen LogP contribution is -2.34. The monoisotopic (exact) mass is 449 g/mol. The van der Waals surface area contributed by atoms with E-state index in [1.165, 1.54) is 15.8 Å². The second-order valence-electron chi connectivity index (χ2n) is 6.59. The molecule has 0 saturated carbocycles. The summed E-state index contributed by atoms with van der Waals surface area (Å²) >= 11 is 6.89. The quantitative estimate of drug-likeness (QED) is 0.515. The zero-order chi connectivity index (χ0) is 21.8. The number of hydrogen-bond acceptors (Lipinski definition) is 7. The standard InChI is InChI=1S/C20H20ClN3O5S/c1-12-16-18(22-11-24(3)19(16)26)30-17(12)20(27)29-10-15(25)23(2)8-9-28-14-6-4-13(21)5-7-14/h4-7,11H,8-10H2,1-3H3. The molecule has 0 unspecified atom stereocenters. The Balaban J connectivity index is 1.54. The maximum atomic E-state index is 12.4. The minimum absolute atomic E-state index is 0.232. The summed E-state index contributed by atoms with van der Waals surface area (Å²) in [5.41, 5.74) is 0.273. The molecule has 0 radical (unpaired) electrons. The molecule has 10 heteroatoms. The molecule has 8 nitrogen and oxygen atoms in total. The number of aryl methyl sites for hydroxylation is 2. The van der Waals surface area contributed by atoms with E-state index >= 15 is 0 Å². The summed E-state index contributed by atoms with van der Waals surface area (Å²) in [6, 6.07) is 6.90. The number of carbonyl (C=O) groups is 2. The van der Waals surface area contributed by atoms with Gasteiger partial charge in [0.15, 0.2) is 6.61 Å². The van der Waals surface area contributed by atoms with Gasteiger partial charge < -0.3 is 18.9 Å². The fourth-order valence-corrected chi connectivity index (χ4v) is 3.82. The van der Waals surface area contributed by atoms with E-state index < -0.39 is 12.6 Å². The maximum Gasteiger partial charge on any atom is 0.349 e. The van der Waals surface area contributed by atoms with Crippen molar-refractivity contribution in [2.24, 2.45) is 7.05 Å². The molecular formula is C20H20ClN3O5S. The molecule has 3 rings (SSSR count). The first-order valence-electron chi connectivity index (χ1n) is 9.02. The highest BCUT2D eigenvalue weighted by Gasteiger charge is 2.21. The summed E-state index contributed by atoms with van der Waals surface area (Å²) in [5, 5.41) is 1.00. The van der Waals surface area contributed by atoms with Gasteiger partial charge in [-0.05, 0) is 36.8 Å². The Hall–Kier alpha value is -2.91. The van der Waals surface area contributed by atoms with Gasteiger partial charge in [0, 0.05) is 19.1 Å². The van der Waals surface area contributed by atoms with Gasteiger partial charge in [-0.2, -0.15) is 0 Å². The van der Waals surface area contributed by atoms with Gasteiger partial charge in [0.25, 0.3) is 11.5 Å². The minimum atomic E-state index is -0.656. The molecule has 0 aliphatic rings. The molecule has 3 aromatic rings. The van der Waals surface area contributed by atoms with Crippen LogP contribution in [0.2, 0.25) is 5.02 Å². The first-order chi connectivity index (χ1) is 14.3. The molecule has 1 aromatic carbocycles. The lowest BCUT2D eigenvalue weighted by molar-refractivity contribution is -0.133. The maximum absolute atomic E-state index is 12.4. The Kier molecular flexibility index (Phi) is 6.73.